The zero-order valence-electron chi connectivity index (χ0n) is 11.2. The summed E-state index contributed by atoms with van der Waals surface area (Å²) in [7, 11) is 4.15. The fourth-order valence-corrected chi connectivity index (χ4v) is 1.51. The number of ether oxygens (including phenoxy) is 4. The van der Waals surface area contributed by atoms with E-state index in [-0.39, 0.29) is 13.2 Å². The minimum atomic E-state index is -1.15. The Bertz CT molecular complexity index is 233. The quantitative estimate of drug-likeness (QED) is 0.514. The van der Waals surface area contributed by atoms with E-state index in [0.717, 1.165) is 0 Å². The standard InChI is InChI=1S/C11H22O7/c1-7(12)18-6-9(16-3)10(14)11(17-4)8(13)5-15-2/h8-11,13-14H,5-6H2,1-4H3/t8-,9+,10-,11-/m1/s1. The molecule has 0 unspecified atom stereocenters. The summed E-state index contributed by atoms with van der Waals surface area (Å²) in [5.41, 5.74) is 0. The largest absolute Gasteiger partial charge is 0.463 e. The van der Waals surface area contributed by atoms with Gasteiger partial charge in [0, 0.05) is 28.3 Å². The van der Waals surface area contributed by atoms with Crippen molar-refractivity contribution in [3.8, 4) is 0 Å². The summed E-state index contributed by atoms with van der Waals surface area (Å²) in [5.74, 6) is -0.476. The second-order valence-electron chi connectivity index (χ2n) is 3.79. The number of hydrogen-bond donors (Lipinski definition) is 2. The fraction of sp³-hybridized carbons (Fsp3) is 0.909. The number of hydrogen-bond acceptors (Lipinski definition) is 7. The first kappa shape index (κ1) is 17.3. The van der Waals surface area contributed by atoms with Crippen molar-refractivity contribution in [2.75, 3.05) is 34.5 Å². The Morgan fingerprint density at radius 1 is 1.11 bits per heavy atom. The van der Waals surface area contributed by atoms with Crippen molar-refractivity contribution in [2.24, 2.45) is 0 Å². The molecule has 0 aromatic rings. The molecule has 0 radical (unpaired) electrons. The minimum absolute atomic E-state index is 0.0135. The Hall–Kier alpha value is -0.730. The monoisotopic (exact) mass is 266 g/mol. The second-order valence-corrected chi connectivity index (χ2v) is 3.79. The molecule has 0 aliphatic heterocycles. The molecule has 18 heavy (non-hydrogen) atoms. The summed E-state index contributed by atoms with van der Waals surface area (Å²) in [4.78, 5) is 10.7. The van der Waals surface area contributed by atoms with E-state index in [0.29, 0.717) is 0 Å². The van der Waals surface area contributed by atoms with E-state index in [9.17, 15) is 15.0 Å². The molecular weight excluding hydrogens is 244 g/mol. The Balaban J connectivity index is 4.50. The molecule has 0 aromatic heterocycles. The van der Waals surface area contributed by atoms with Gasteiger partial charge in [-0.15, -0.1) is 0 Å². The van der Waals surface area contributed by atoms with E-state index >= 15 is 0 Å². The van der Waals surface area contributed by atoms with Crippen LogP contribution in [0, 0.1) is 0 Å². The summed E-state index contributed by atoms with van der Waals surface area (Å²) in [6, 6.07) is 0. The zero-order valence-corrected chi connectivity index (χ0v) is 11.2. The molecule has 0 aliphatic rings. The van der Waals surface area contributed by atoms with Gasteiger partial charge in [-0.05, 0) is 0 Å². The molecule has 0 fully saturated rings. The first-order chi connectivity index (χ1) is 8.47. The Morgan fingerprint density at radius 2 is 1.72 bits per heavy atom. The van der Waals surface area contributed by atoms with E-state index in [1.165, 1.54) is 28.3 Å². The van der Waals surface area contributed by atoms with Crippen LogP contribution in [0.3, 0.4) is 0 Å². The number of carbonyl (C=O) groups excluding carboxylic acids is 1. The molecule has 0 saturated heterocycles. The highest BCUT2D eigenvalue weighted by atomic mass is 16.6. The van der Waals surface area contributed by atoms with Crippen LogP contribution < -0.4 is 0 Å². The van der Waals surface area contributed by atoms with Crippen LogP contribution in [0.2, 0.25) is 0 Å². The molecule has 0 bridgehead atoms. The normalized spacial score (nSPS) is 17.9. The number of carbonyl (C=O) groups is 1. The smallest absolute Gasteiger partial charge is 0.302 e. The molecule has 7 heteroatoms. The predicted octanol–water partition coefficient (Wildman–Crippen LogP) is -1.05. The van der Waals surface area contributed by atoms with Crippen molar-refractivity contribution in [3.63, 3.8) is 0 Å². The van der Waals surface area contributed by atoms with Gasteiger partial charge in [0.15, 0.2) is 0 Å². The highest BCUT2D eigenvalue weighted by Crippen LogP contribution is 2.12. The first-order valence-electron chi connectivity index (χ1n) is 5.51. The van der Waals surface area contributed by atoms with Gasteiger partial charge in [0.1, 0.15) is 31.0 Å². The van der Waals surface area contributed by atoms with E-state index < -0.39 is 30.4 Å². The summed E-state index contributed by atoms with van der Waals surface area (Å²) in [6.07, 6.45) is -3.84. The number of aliphatic hydroxyl groups excluding tert-OH is 2. The van der Waals surface area contributed by atoms with Gasteiger partial charge in [-0.25, -0.2) is 0 Å². The molecule has 0 spiro atoms. The lowest BCUT2D eigenvalue weighted by atomic mass is 10.0. The van der Waals surface area contributed by atoms with Crippen LogP contribution in [0.25, 0.3) is 0 Å². The average Bonchev–Trinajstić information content (AvgIpc) is 2.30. The summed E-state index contributed by atoms with van der Waals surface area (Å²) in [5, 5.41) is 19.7. The van der Waals surface area contributed by atoms with Crippen LogP contribution in [-0.4, -0.2) is 75.1 Å². The van der Waals surface area contributed by atoms with Gasteiger partial charge < -0.3 is 29.2 Å². The van der Waals surface area contributed by atoms with Crippen LogP contribution >= 0.6 is 0 Å². The Morgan fingerprint density at radius 3 is 2.11 bits per heavy atom. The van der Waals surface area contributed by atoms with Gasteiger partial charge in [-0.3, -0.25) is 4.79 Å². The van der Waals surface area contributed by atoms with Crippen LogP contribution in [0.15, 0.2) is 0 Å². The zero-order chi connectivity index (χ0) is 14.1. The van der Waals surface area contributed by atoms with Gasteiger partial charge in [-0.1, -0.05) is 0 Å². The van der Waals surface area contributed by atoms with Gasteiger partial charge in [0.2, 0.25) is 0 Å². The second kappa shape index (κ2) is 9.23. The Kier molecular flexibility index (Phi) is 8.86. The molecule has 0 aliphatic carbocycles. The predicted molar refractivity (Wildman–Crippen MR) is 62.1 cm³/mol. The third kappa shape index (κ3) is 5.74. The van der Waals surface area contributed by atoms with Crippen molar-refractivity contribution < 1.29 is 34.0 Å². The SMILES string of the molecule is COC[C@@H](O)[C@@H](OC)[C@H](O)[C@H](COC(C)=O)OC. The van der Waals surface area contributed by atoms with Crippen LogP contribution in [-0.2, 0) is 23.7 Å². The van der Waals surface area contributed by atoms with E-state index in [1.54, 1.807) is 0 Å². The van der Waals surface area contributed by atoms with Gasteiger partial charge in [0.25, 0.3) is 0 Å². The molecule has 0 rings (SSSR count). The first-order valence-corrected chi connectivity index (χ1v) is 5.51. The molecule has 0 amide bonds. The number of aliphatic hydroxyl groups is 2. The summed E-state index contributed by atoms with van der Waals surface area (Å²) in [6.45, 7) is 1.15. The fourth-order valence-electron chi connectivity index (χ4n) is 1.51. The van der Waals surface area contributed by atoms with Crippen molar-refractivity contribution in [3.05, 3.63) is 0 Å². The van der Waals surface area contributed by atoms with E-state index in [2.05, 4.69) is 0 Å². The lowest BCUT2D eigenvalue weighted by Crippen LogP contribution is -2.49. The topological polar surface area (TPSA) is 94.5 Å². The Labute approximate surface area is 107 Å². The molecule has 7 nitrogen and oxygen atoms in total. The maximum absolute atomic E-state index is 10.7. The van der Waals surface area contributed by atoms with Crippen LogP contribution in [0.1, 0.15) is 6.92 Å². The number of methoxy groups -OCH3 is 3. The third-order valence-corrected chi connectivity index (χ3v) is 2.46. The number of esters is 1. The van der Waals surface area contributed by atoms with Gasteiger partial charge in [-0.2, -0.15) is 0 Å². The van der Waals surface area contributed by atoms with Crippen LogP contribution in [0.4, 0.5) is 0 Å². The average molecular weight is 266 g/mol. The van der Waals surface area contributed by atoms with Gasteiger partial charge in [0.05, 0.1) is 6.61 Å². The molecular formula is C11H22O7. The van der Waals surface area contributed by atoms with E-state index in [4.69, 9.17) is 18.9 Å². The highest BCUT2D eigenvalue weighted by Gasteiger charge is 2.33. The molecule has 2 N–H and O–H groups in total. The van der Waals surface area contributed by atoms with E-state index in [1.807, 2.05) is 0 Å². The summed E-state index contributed by atoms with van der Waals surface area (Å²) >= 11 is 0. The van der Waals surface area contributed by atoms with Crippen molar-refractivity contribution in [2.45, 2.75) is 31.3 Å². The maximum Gasteiger partial charge on any atom is 0.302 e. The lowest BCUT2D eigenvalue weighted by Gasteiger charge is -2.30. The highest BCUT2D eigenvalue weighted by molar-refractivity contribution is 5.65. The molecule has 0 heterocycles. The summed E-state index contributed by atoms with van der Waals surface area (Å²) < 4.78 is 19.6. The van der Waals surface area contributed by atoms with Gasteiger partial charge >= 0.3 is 5.97 Å². The van der Waals surface area contributed by atoms with Crippen LogP contribution in [0.5, 0.6) is 0 Å². The lowest BCUT2D eigenvalue weighted by molar-refractivity contribution is -0.162. The van der Waals surface area contributed by atoms with Crippen molar-refractivity contribution >= 4 is 5.97 Å². The minimum Gasteiger partial charge on any atom is -0.463 e. The maximum atomic E-state index is 10.7. The molecule has 4 atom stereocenters. The molecule has 108 valence electrons. The van der Waals surface area contributed by atoms with Crippen molar-refractivity contribution in [1.29, 1.82) is 0 Å². The molecule has 0 aromatic carbocycles. The van der Waals surface area contributed by atoms with Crippen molar-refractivity contribution in [1.82, 2.24) is 0 Å². The molecule has 0 saturated carbocycles. The third-order valence-electron chi connectivity index (χ3n) is 2.46. The number of rotatable bonds is 9.